The number of aryl methyl sites for hydroxylation is 1. The molecule has 0 bridgehead atoms. The van der Waals surface area contributed by atoms with Gasteiger partial charge in [0.15, 0.2) is 0 Å². The number of piperazine rings is 1. The number of carboxylic acid groups (broad SMARTS) is 1. The van der Waals surface area contributed by atoms with Crippen LogP contribution in [0.3, 0.4) is 0 Å². The lowest BCUT2D eigenvalue weighted by Gasteiger charge is -2.32. The van der Waals surface area contributed by atoms with E-state index in [1.54, 1.807) is 6.92 Å². The maximum atomic E-state index is 11.9. The zero-order chi connectivity index (χ0) is 14.9. The molecule has 0 radical (unpaired) electrons. The van der Waals surface area contributed by atoms with E-state index in [2.05, 4.69) is 0 Å². The molecule has 0 unspecified atom stereocenters. The molecule has 0 aromatic carbocycles. The standard InChI is InChI=1S/C13H16N2O5/c1-3-14-4-5-15(12(17)11(14)16)7-9-6-10(13(18)19)20-8(9)2/h6H,3-5,7H2,1-2H3,(H,18,19). The molecule has 0 atom stereocenters. The summed E-state index contributed by atoms with van der Waals surface area (Å²) < 4.78 is 5.09. The van der Waals surface area contributed by atoms with Crippen LogP contribution in [-0.2, 0) is 16.1 Å². The molecular formula is C13H16N2O5. The van der Waals surface area contributed by atoms with E-state index < -0.39 is 17.8 Å². The fourth-order valence-electron chi connectivity index (χ4n) is 2.16. The van der Waals surface area contributed by atoms with E-state index in [0.717, 1.165) is 0 Å². The van der Waals surface area contributed by atoms with Gasteiger partial charge in [0.2, 0.25) is 5.76 Å². The van der Waals surface area contributed by atoms with Crippen LogP contribution in [0.4, 0.5) is 0 Å². The van der Waals surface area contributed by atoms with Crippen LogP contribution in [0.25, 0.3) is 0 Å². The summed E-state index contributed by atoms with van der Waals surface area (Å²) in [6.45, 7) is 5.07. The molecule has 7 heteroatoms. The van der Waals surface area contributed by atoms with Crippen LogP contribution in [0.2, 0.25) is 0 Å². The van der Waals surface area contributed by atoms with Crippen LogP contribution in [0.15, 0.2) is 10.5 Å². The van der Waals surface area contributed by atoms with E-state index >= 15 is 0 Å². The molecule has 1 aliphatic heterocycles. The fraction of sp³-hybridized carbons (Fsp3) is 0.462. The summed E-state index contributed by atoms with van der Waals surface area (Å²) in [6, 6.07) is 1.39. The molecule has 0 saturated carbocycles. The van der Waals surface area contributed by atoms with Gasteiger partial charge in [-0.1, -0.05) is 0 Å². The summed E-state index contributed by atoms with van der Waals surface area (Å²) in [4.78, 5) is 37.4. The lowest BCUT2D eigenvalue weighted by atomic mass is 10.2. The summed E-state index contributed by atoms with van der Waals surface area (Å²) in [6.07, 6.45) is 0. The molecule has 1 saturated heterocycles. The molecular weight excluding hydrogens is 264 g/mol. The van der Waals surface area contributed by atoms with Gasteiger partial charge >= 0.3 is 17.8 Å². The number of amides is 2. The normalized spacial score (nSPS) is 15.9. The van der Waals surface area contributed by atoms with E-state index in [9.17, 15) is 14.4 Å². The number of carbonyl (C=O) groups excluding carboxylic acids is 2. The molecule has 0 aliphatic carbocycles. The van der Waals surface area contributed by atoms with Gasteiger partial charge in [-0.15, -0.1) is 0 Å². The maximum absolute atomic E-state index is 11.9. The highest BCUT2D eigenvalue weighted by Crippen LogP contribution is 2.18. The van der Waals surface area contributed by atoms with Crippen molar-refractivity contribution in [2.24, 2.45) is 0 Å². The minimum absolute atomic E-state index is 0.163. The number of carbonyl (C=O) groups is 3. The second-order valence-electron chi connectivity index (χ2n) is 4.61. The minimum Gasteiger partial charge on any atom is -0.475 e. The molecule has 2 amide bonds. The second kappa shape index (κ2) is 5.36. The lowest BCUT2D eigenvalue weighted by molar-refractivity contribution is -0.156. The Balaban J connectivity index is 2.13. The molecule has 7 nitrogen and oxygen atoms in total. The van der Waals surface area contributed by atoms with Crippen molar-refractivity contribution in [2.45, 2.75) is 20.4 Å². The Hall–Kier alpha value is -2.31. The Labute approximate surface area is 115 Å². The van der Waals surface area contributed by atoms with Crippen LogP contribution in [-0.4, -0.2) is 52.3 Å². The first-order chi connectivity index (χ1) is 9.43. The number of hydrogen-bond donors (Lipinski definition) is 1. The SMILES string of the molecule is CCN1CCN(Cc2cc(C(=O)O)oc2C)C(=O)C1=O. The van der Waals surface area contributed by atoms with Crippen molar-refractivity contribution in [3.8, 4) is 0 Å². The van der Waals surface area contributed by atoms with Crippen LogP contribution in [0.1, 0.15) is 28.8 Å². The number of nitrogens with zero attached hydrogens (tertiary/aromatic N) is 2. The third-order valence-corrected chi connectivity index (χ3v) is 3.37. The molecule has 108 valence electrons. The number of aromatic carboxylic acids is 1. The molecule has 2 rings (SSSR count). The van der Waals surface area contributed by atoms with Crippen molar-refractivity contribution in [1.29, 1.82) is 0 Å². The first kappa shape index (κ1) is 14.1. The fourth-order valence-corrected chi connectivity index (χ4v) is 2.16. The first-order valence-corrected chi connectivity index (χ1v) is 6.34. The van der Waals surface area contributed by atoms with Gasteiger partial charge in [-0.3, -0.25) is 9.59 Å². The highest BCUT2D eigenvalue weighted by atomic mass is 16.4. The number of carboxylic acids is 1. The van der Waals surface area contributed by atoms with Gasteiger partial charge in [0.25, 0.3) is 0 Å². The highest BCUT2D eigenvalue weighted by Gasteiger charge is 2.32. The molecule has 1 aliphatic rings. The predicted octanol–water partition coefficient (Wildman–Crippen LogP) is 0.477. The predicted molar refractivity (Wildman–Crippen MR) is 68.1 cm³/mol. The van der Waals surface area contributed by atoms with Crippen molar-refractivity contribution in [3.63, 3.8) is 0 Å². The Kier molecular flexibility index (Phi) is 3.78. The van der Waals surface area contributed by atoms with Crippen LogP contribution >= 0.6 is 0 Å². The summed E-state index contributed by atoms with van der Waals surface area (Å²) in [7, 11) is 0. The highest BCUT2D eigenvalue weighted by molar-refractivity contribution is 6.35. The van der Waals surface area contributed by atoms with Gasteiger partial charge in [-0.2, -0.15) is 0 Å². The van der Waals surface area contributed by atoms with Gasteiger partial charge < -0.3 is 19.3 Å². The Morgan fingerprint density at radius 1 is 1.30 bits per heavy atom. The van der Waals surface area contributed by atoms with E-state index in [-0.39, 0.29) is 12.3 Å². The van der Waals surface area contributed by atoms with E-state index in [1.165, 1.54) is 15.9 Å². The molecule has 1 aromatic rings. The summed E-state index contributed by atoms with van der Waals surface area (Å²) in [5, 5.41) is 8.85. The Morgan fingerprint density at radius 2 is 1.90 bits per heavy atom. The number of likely N-dealkylation sites (N-methyl/N-ethyl adjacent to an activating group) is 1. The topological polar surface area (TPSA) is 91.1 Å². The second-order valence-corrected chi connectivity index (χ2v) is 4.61. The third-order valence-electron chi connectivity index (χ3n) is 3.37. The first-order valence-electron chi connectivity index (χ1n) is 6.34. The summed E-state index contributed by atoms with van der Waals surface area (Å²) >= 11 is 0. The monoisotopic (exact) mass is 280 g/mol. The average molecular weight is 280 g/mol. The zero-order valence-electron chi connectivity index (χ0n) is 11.4. The Bertz CT molecular complexity index is 563. The average Bonchev–Trinajstić information content (AvgIpc) is 2.77. The summed E-state index contributed by atoms with van der Waals surface area (Å²) in [5.41, 5.74) is 0.605. The number of rotatable bonds is 4. The molecule has 0 spiro atoms. The molecule has 1 fully saturated rings. The van der Waals surface area contributed by atoms with Gasteiger partial charge in [0.05, 0.1) is 0 Å². The largest absolute Gasteiger partial charge is 0.475 e. The zero-order valence-corrected chi connectivity index (χ0v) is 11.4. The van der Waals surface area contributed by atoms with Crippen LogP contribution in [0.5, 0.6) is 0 Å². The van der Waals surface area contributed by atoms with Gasteiger partial charge in [-0.25, -0.2) is 4.79 Å². The van der Waals surface area contributed by atoms with Crippen LogP contribution < -0.4 is 0 Å². The maximum Gasteiger partial charge on any atom is 0.371 e. The lowest BCUT2D eigenvalue weighted by Crippen LogP contribution is -2.53. The van der Waals surface area contributed by atoms with Crippen molar-refractivity contribution < 1.29 is 23.9 Å². The third kappa shape index (κ3) is 2.52. The van der Waals surface area contributed by atoms with Crippen molar-refractivity contribution >= 4 is 17.8 Å². The molecule has 1 aromatic heterocycles. The number of hydrogen-bond acceptors (Lipinski definition) is 4. The van der Waals surface area contributed by atoms with Crippen molar-refractivity contribution in [3.05, 3.63) is 23.2 Å². The quantitative estimate of drug-likeness (QED) is 0.810. The molecule has 20 heavy (non-hydrogen) atoms. The van der Waals surface area contributed by atoms with E-state index in [0.29, 0.717) is 31.0 Å². The van der Waals surface area contributed by atoms with Gasteiger partial charge in [0.1, 0.15) is 5.76 Å². The van der Waals surface area contributed by atoms with Crippen LogP contribution in [0, 0.1) is 6.92 Å². The molecule has 1 N–H and O–H groups in total. The van der Waals surface area contributed by atoms with Gasteiger partial charge in [0, 0.05) is 31.7 Å². The summed E-state index contributed by atoms with van der Waals surface area (Å²) in [5.74, 6) is -1.95. The van der Waals surface area contributed by atoms with E-state index in [4.69, 9.17) is 9.52 Å². The van der Waals surface area contributed by atoms with Gasteiger partial charge in [-0.05, 0) is 19.9 Å². The van der Waals surface area contributed by atoms with Crippen molar-refractivity contribution in [1.82, 2.24) is 9.80 Å². The Morgan fingerprint density at radius 3 is 2.45 bits per heavy atom. The number of furan rings is 1. The smallest absolute Gasteiger partial charge is 0.371 e. The minimum atomic E-state index is -1.16. The molecule has 2 heterocycles. The van der Waals surface area contributed by atoms with E-state index in [1.807, 2.05) is 6.92 Å². The van der Waals surface area contributed by atoms with Crippen molar-refractivity contribution in [2.75, 3.05) is 19.6 Å².